The summed E-state index contributed by atoms with van der Waals surface area (Å²) in [4.78, 5) is 14.9. The molecule has 0 unspecified atom stereocenters. The average Bonchev–Trinajstić information content (AvgIpc) is 2.85. The fourth-order valence-electron chi connectivity index (χ4n) is 1.70. The molecule has 1 aromatic carbocycles. The maximum atomic E-state index is 11.8. The molecule has 0 fully saturated rings. The maximum Gasteiger partial charge on any atom is 0.251 e. The zero-order chi connectivity index (χ0) is 13.9. The Kier molecular flexibility index (Phi) is 3.87. The maximum absolute atomic E-state index is 11.8. The number of sulfonamides is 1. The summed E-state index contributed by atoms with van der Waals surface area (Å²) in [5.74, 6) is -0.420. The van der Waals surface area contributed by atoms with E-state index in [1.165, 1.54) is 7.05 Å². The van der Waals surface area contributed by atoms with E-state index >= 15 is 0 Å². The van der Waals surface area contributed by atoms with Crippen LogP contribution in [0.2, 0.25) is 0 Å². The highest BCUT2D eigenvalue weighted by Crippen LogP contribution is 2.13. The lowest BCUT2D eigenvalue weighted by Crippen LogP contribution is -2.32. The van der Waals surface area contributed by atoms with E-state index in [0.717, 1.165) is 10.9 Å². The Morgan fingerprint density at radius 3 is 2.84 bits per heavy atom. The van der Waals surface area contributed by atoms with Crippen LogP contribution in [-0.4, -0.2) is 38.7 Å². The van der Waals surface area contributed by atoms with Crippen LogP contribution < -0.4 is 10.0 Å². The predicted molar refractivity (Wildman–Crippen MR) is 73.5 cm³/mol. The molecule has 102 valence electrons. The highest BCUT2D eigenvalue weighted by atomic mass is 32.2. The molecule has 0 aliphatic heterocycles. The fraction of sp³-hybridized carbons (Fsp3) is 0.250. The van der Waals surface area contributed by atoms with Gasteiger partial charge >= 0.3 is 0 Å². The number of benzene rings is 1. The summed E-state index contributed by atoms with van der Waals surface area (Å²) >= 11 is 0. The number of nitrogens with one attached hydrogen (secondary N) is 3. The molecular formula is C12H15N3O3S. The topological polar surface area (TPSA) is 91.1 Å². The SMILES string of the molecule is CNS(=O)(=O)CCNC(=O)c1ccc2[nH]ccc2c1. The number of H-pyrrole nitrogens is 1. The van der Waals surface area contributed by atoms with Gasteiger partial charge in [-0.25, -0.2) is 13.1 Å². The fourth-order valence-corrected chi connectivity index (χ4v) is 2.27. The monoisotopic (exact) mass is 281 g/mol. The minimum absolute atomic E-state index is 0.0766. The highest BCUT2D eigenvalue weighted by Gasteiger charge is 2.10. The largest absolute Gasteiger partial charge is 0.361 e. The van der Waals surface area contributed by atoms with Gasteiger partial charge in [-0.05, 0) is 31.3 Å². The van der Waals surface area contributed by atoms with Gasteiger partial charge < -0.3 is 10.3 Å². The van der Waals surface area contributed by atoms with E-state index in [9.17, 15) is 13.2 Å². The predicted octanol–water partition coefficient (Wildman–Crippen LogP) is 0.447. The highest BCUT2D eigenvalue weighted by molar-refractivity contribution is 7.89. The Balaban J connectivity index is 2.00. The third kappa shape index (κ3) is 3.33. The number of aromatic nitrogens is 1. The number of fused-ring (bicyclic) bond motifs is 1. The standard InChI is InChI=1S/C12H15N3O3S/c1-13-19(17,18)7-6-15-12(16)10-2-3-11-9(8-10)4-5-14-11/h2-5,8,13-14H,6-7H2,1H3,(H,15,16). The molecule has 0 saturated heterocycles. The molecule has 3 N–H and O–H groups in total. The molecule has 0 atom stereocenters. The van der Waals surface area contributed by atoms with Crippen LogP contribution in [0.25, 0.3) is 10.9 Å². The molecule has 19 heavy (non-hydrogen) atoms. The zero-order valence-electron chi connectivity index (χ0n) is 10.4. The Labute approximate surface area is 111 Å². The summed E-state index contributed by atoms with van der Waals surface area (Å²) in [6, 6.07) is 7.14. The van der Waals surface area contributed by atoms with Gasteiger partial charge in [-0.15, -0.1) is 0 Å². The van der Waals surface area contributed by atoms with E-state index in [2.05, 4.69) is 15.0 Å². The molecule has 2 rings (SSSR count). The van der Waals surface area contributed by atoms with Crippen molar-refractivity contribution in [3.63, 3.8) is 0 Å². The molecular weight excluding hydrogens is 266 g/mol. The van der Waals surface area contributed by atoms with Crippen molar-refractivity contribution < 1.29 is 13.2 Å². The van der Waals surface area contributed by atoms with Gasteiger partial charge in [-0.3, -0.25) is 4.79 Å². The van der Waals surface area contributed by atoms with Crippen molar-refractivity contribution in [1.82, 2.24) is 15.0 Å². The molecule has 0 aliphatic rings. The van der Waals surface area contributed by atoms with Crippen LogP contribution in [-0.2, 0) is 10.0 Å². The van der Waals surface area contributed by atoms with Gasteiger partial charge in [0.05, 0.1) is 5.75 Å². The summed E-state index contributed by atoms with van der Waals surface area (Å²) in [7, 11) is -1.95. The molecule has 0 saturated carbocycles. The zero-order valence-corrected chi connectivity index (χ0v) is 11.3. The van der Waals surface area contributed by atoms with Crippen LogP contribution in [0.4, 0.5) is 0 Å². The normalized spacial score (nSPS) is 11.6. The summed E-state index contributed by atoms with van der Waals surface area (Å²) in [6.45, 7) is 0.0766. The third-order valence-electron chi connectivity index (χ3n) is 2.78. The molecule has 6 nitrogen and oxygen atoms in total. The summed E-state index contributed by atoms with van der Waals surface area (Å²) < 4.78 is 24.6. The number of carbonyl (C=O) groups excluding carboxylic acids is 1. The Bertz CT molecular complexity index is 691. The van der Waals surface area contributed by atoms with Crippen molar-refractivity contribution >= 4 is 26.8 Å². The number of carbonyl (C=O) groups is 1. The van der Waals surface area contributed by atoms with E-state index < -0.39 is 10.0 Å². The summed E-state index contributed by atoms with van der Waals surface area (Å²) in [5, 5.41) is 3.52. The minimum atomic E-state index is -3.29. The van der Waals surface area contributed by atoms with Gasteiger partial charge in [-0.1, -0.05) is 0 Å². The van der Waals surface area contributed by atoms with Gasteiger partial charge in [-0.2, -0.15) is 0 Å². The summed E-state index contributed by atoms with van der Waals surface area (Å²) in [6.07, 6.45) is 1.80. The second-order valence-electron chi connectivity index (χ2n) is 4.06. The van der Waals surface area contributed by atoms with Crippen molar-refractivity contribution in [1.29, 1.82) is 0 Å². The average molecular weight is 281 g/mol. The number of hydrogen-bond acceptors (Lipinski definition) is 3. The van der Waals surface area contributed by atoms with Crippen LogP contribution in [0.3, 0.4) is 0 Å². The first-order valence-electron chi connectivity index (χ1n) is 5.78. The molecule has 0 aliphatic carbocycles. The first-order chi connectivity index (χ1) is 9.02. The Morgan fingerprint density at radius 1 is 1.32 bits per heavy atom. The first kappa shape index (κ1) is 13.6. The van der Waals surface area contributed by atoms with Crippen LogP contribution in [0, 0.1) is 0 Å². The minimum Gasteiger partial charge on any atom is -0.361 e. The van der Waals surface area contributed by atoms with E-state index in [1.54, 1.807) is 18.3 Å². The molecule has 1 aromatic heterocycles. The van der Waals surface area contributed by atoms with Gasteiger partial charge in [0.15, 0.2) is 0 Å². The third-order valence-corrected chi connectivity index (χ3v) is 4.15. The lowest BCUT2D eigenvalue weighted by molar-refractivity contribution is 0.0956. The second kappa shape index (κ2) is 5.41. The second-order valence-corrected chi connectivity index (χ2v) is 6.10. The molecule has 2 aromatic rings. The van der Waals surface area contributed by atoms with Gasteiger partial charge in [0, 0.05) is 29.2 Å². The van der Waals surface area contributed by atoms with Gasteiger partial charge in [0.1, 0.15) is 0 Å². The van der Waals surface area contributed by atoms with Crippen molar-refractivity contribution in [3.8, 4) is 0 Å². The van der Waals surface area contributed by atoms with E-state index in [-0.39, 0.29) is 18.2 Å². The van der Waals surface area contributed by atoms with Crippen LogP contribution in [0.15, 0.2) is 30.5 Å². The molecule has 1 heterocycles. The summed E-state index contributed by atoms with van der Waals surface area (Å²) in [5.41, 5.74) is 1.46. The molecule has 7 heteroatoms. The first-order valence-corrected chi connectivity index (χ1v) is 7.43. The van der Waals surface area contributed by atoms with Crippen molar-refractivity contribution in [3.05, 3.63) is 36.0 Å². The van der Waals surface area contributed by atoms with Crippen LogP contribution in [0.5, 0.6) is 0 Å². The van der Waals surface area contributed by atoms with Crippen molar-refractivity contribution in [2.24, 2.45) is 0 Å². The molecule has 0 radical (unpaired) electrons. The number of aromatic amines is 1. The van der Waals surface area contributed by atoms with E-state index in [4.69, 9.17) is 0 Å². The number of amides is 1. The van der Waals surface area contributed by atoms with Crippen molar-refractivity contribution in [2.45, 2.75) is 0 Å². The molecule has 0 bridgehead atoms. The van der Waals surface area contributed by atoms with Gasteiger partial charge in [0.2, 0.25) is 10.0 Å². The van der Waals surface area contributed by atoms with Gasteiger partial charge in [0.25, 0.3) is 5.91 Å². The van der Waals surface area contributed by atoms with E-state index in [0.29, 0.717) is 5.56 Å². The van der Waals surface area contributed by atoms with E-state index in [1.807, 2.05) is 12.1 Å². The van der Waals surface area contributed by atoms with Crippen LogP contribution >= 0.6 is 0 Å². The number of rotatable bonds is 5. The smallest absolute Gasteiger partial charge is 0.251 e. The lowest BCUT2D eigenvalue weighted by Gasteiger charge is -2.05. The van der Waals surface area contributed by atoms with Crippen LogP contribution in [0.1, 0.15) is 10.4 Å². The van der Waals surface area contributed by atoms with Crippen molar-refractivity contribution in [2.75, 3.05) is 19.3 Å². The molecule has 0 spiro atoms. The quantitative estimate of drug-likeness (QED) is 0.743. The number of hydrogen-bond donors (Lipinski definition) is 3. The Hall–Kier alpha value is -1.86. The lowest BCUT2D eigenvalue weighted by atomic mass is 10.1. The molecule has 1 amide bonds. The Morgan fingerprint density at radius 2 is 2.11 bits per heavy atom.